The molecule has 0 aliphatic carbocycles. The van der Waals surface area contributed by atoms with Crippen molar-refractivity contribution in [2.75, 3.05) is 0 Å². The third kappa shape index (κ3) is 2.58. The maximum absolute atomic E-state index is 9.71. The Kier molecular flexibility index (Phi) is 3.15. The number of aromatic hydroxyl groups is 1. The van der Waals surface area contributed by atoms with Gasteiger partial charge in [-0.2, -0.15) is 0 Å². The summed E-state index contributed by atoms with van der Waals surface area (Å²) >= 11 is 0. The second kappa shape index (κ2) is 5.11. The lowest BCUT2D eigenvalue weighted by atomic mass is 10.1. The molecular formula is C17H15NO. The lowest BCUT2D eigenvalue weighted by Crippen LogP contribution is -2.30. The molecule has 1 aliphatic heterocycles. The van der Waals surface area contributed by atoms with Crippen LogP contribution in [0.4, 0.5) is 0 Å². The largest absolute Gasteiger partial charge is 0.507 e. The topological polar surface area (TPSA) is 32.6 Å². The van der Waals surface area contributed by atoms with Crippen molar-refractivity contribution in [3.63, 3.8) is 0 Å². The van der Waals surface area contributed by atoms with Crippen LogP contribution in [0.25, 0.3) is 12.2 Å². The fourth-order valence-corrected chi connectivity index (χ4v) is 2.22. The summed E-state index contributed by atoms with van der Waals surface area (Å²) in [6.07, 6.45) is 7.09. The van der Waals surface area contributed by atoms with Crippen LogP contribution in [0, 0.1) is 0 Å². The minimum absolute atomic E-state index is 0.148. The van der Waals surface area contributed by atoms with Gasteiger partial charge in [-0.25, -0.2) is 0 Å². The van der Waals surface area contributed by atoms with Gasteiger partial charge in [-0.05, 0) is 23.8 Å². The molecule has 1 N–H and O–H groups in total. The van der Waals surface area contributed by atoms with Crippen molar-refractivity contribution in [3.8, 4) is 5.75 Å². The van der Waals surface area contributed by atoms with Crippen LogP contribution in [-0.4, -0.2) is 11.1 Å². The zero-order valence-electron chi connectivity index (χ0n) is 10.5. The molecule has 1 aliphatic rings. The van der Waals surface area contributed by atoms with Crippen LogP contribution < -0.4 is 10.6 Å². The third-order valence-electron chi connectivity index (χ3n) is 3.26. The predicted molar refractivity (Wildman–Crippen MR) is 77.2 cm³/mol. The first-order valence-corrected chi connectivity index (χ1v) is 6.42. The SMILES string of the molecule is Oc1ccccc1/C=C\C1CC=c2ccccc2=N1. The standard InChI is InChI=1S/C17H15NO/c19-17-8-4-2-6-14(17)10-12-15-11-9-13-5-1-3-7-16(13)18-15/h1-10,12,15,19H,11H2/b12-10-. The Morgan fingerprint density at radius 2 is 1.84 bits per heavy atom. The molecule has 0 saturated carbocycles. The summed E-state index contributed by atoms with van der Waals surface area (Å²) in [5.74, 6) is 0.305. The first-order chi connectivity index (χ1) is 9.33. The van der Waals surface area contributed by atoms with E-state index in [9.17, 15) is 5.11 Å². The van der Waals surface area contributed by atoms with Gasteiger partial charge in [0.05, 0.1) is 11.4 Å². The Balaban J connectivity index is 1.87. The number of hydrogen-bond acceptors (Lipinski definition) is 2. The van der Waals surface area contributed by atoms with Crippen molar-refractivity contribution in [2.45, 2.75) is 12.5 Å². The maximum atomic E-state index is 9.71. The van der Waals surface area contributed by atoms with Gasteiger partial charge < -0.3 is 5.11 Å². The molecule has 2 nitrogen and oxygen atoms in total. The fraction of sp³-hybridized carbons (Fsp3) is 0.118. The van der Waals surface area contributed by atoms with Gasteiger partial charge in [0.25, 0.3) is 0 Å². The van der Waals surface area contributed by atoms with Crippen molar-refractivity contribution < 1.29 is 5.11 Å². The minimum atomic E-state index is 0.148. The smallest absolute Gasteiger partial charge is 0.122 e. The Morgan fingerprint density at radius 3 is 2.74 bits per heavy atom. The summed E-state index contributed by atoms with van der Waals surface area (Å²) in [7, 11) is 0. The van der Waals surface area contributed by atoms with Crippen molar-refractivity contribution >= 4 is 12.2 Å². The van der Waals surface area contributed by atoms with E-state index in [1.54, 1.807) is 6.07 Å². The highest BCUT2D eigenvalue weighted by molar-refractivity contribution is 5.57. The van der Waals surface area contributed by atoms with Crippen molar-refractivity contribution in [2.24, 2.45) is 4.99 Å². The second-order valence-corrected chi connectivity index (χ2v) is 4.61. The van der Waals surface area contributed by atoms with Crippen LogP contribution in [-0.2, 0) is 0 Å². The van der Waals surface area contributed by atoms with E-state index in [0.717, 1.165) is 17.3 Å². The van der Waals surface area contributed by atoms with Crippen LogP contribution in [0.3, 0.4) is 0 Å². The Labute approximate surface area is 112 Å². The number of nitrogens with zero attached hydrogens (tertiary/aromatic N) is 1. The van der Waals surface area contributed by atoms with Crippen molar-refractivity contribution in [1.82, 2.24) is 0 Å². The van der Waals surface area contributed by atoms with E-state index < -0.39 is 0 Å². The first kappa shape index (κ1) is 11.7. The van der Waals surface area contributed by atoms with Gasteiger partial charge in [0, 0.05) is 5.56 Å². The van der Waals surface area contributed by atoms with Crippen LogP contribution in [0.1, 0.15) is 12.0 Å². The van der Waals surface area contributed by atoms with Crippen molar-refractivity contribution in [1.29, 1.82) is 0 Å². The minimum Gasteiger partial charge on any atom is -0.507 e. The van der Waals surface area contributed by atoms with Gasteiger partial charge in [-0.3, -0.25) is 4.99 Å². The van der Waals surface area contributed by atoms with E-state index in [0.29, 0.717) is 5.75 Å². The van der Waals surface area contributed by atoms with Gasteiger partial charge >= 0.3 is 0 Å². The highest BCUT2D eigenvalue weighted by Gasteiger charge is 2.04. The number of phenolic OH excluding ortho intramolecular Hbond substituents is 1. The summed E-state index contributed by atoms with van der Waals surface area (Å²) in [4.78, 5) is 4.69. The van der Waals surface area contributed by atoms with Gasteiger partial charge in [-0.15, -0.1) is 0 Å². The second-order valence-electron chi connectivity index (χ2n) is 4.61. The molecule has 2 aromatic carbocycles. The lowest BCUT2D eigenvalue weighted by molar-refractivity contribution is 0.474. The zero-order chi connectivity index (χ0) is 13.1. The Bertz CT molecular complexity index is 731. The summed E-state index contributed by atoms with van der Waals surface area (Å²) in [5.41, 5.74) is 0.830. The molecule has 2 heteroatoms. The van der Waals surface area contributed by atoms with Gasteiger partial charge in [0.1, 0.15) is 5.75 Å². The van der Waals surface area contributed by atoms with Crippen LogP contribution in [0.5, 0.6) is 5.75 Å². The van der Waals surface area contributed by atoms with Crippen LogP contribution in [0.2, 0.25) is 0 Å². The average Bonchev–Trinajstić information content (AvgIpc) is 2.46. The number of phenols is 1. The molecule has 0 aromatic heterocycles. The zero-order valence-corrected chi connectivity index (χ0v) is 10.5. The van der Waals surface area contributed by atoms with Crippen LogP contribution in [0.15, 0.2) is 59.6 Å². The van der Waals surface area contributed by atoms with Crippen molar-refractivity contribution in [3.05, 3.63) is 70.7 Å². The van der Waals surface area contributed by atoms with E-state index in [2.05, 4.69) is 12.1 Å². The Hall–Kier alpha value is -2.35. The van der Waals surface area contributed by atoms with E-state index >= 15 is 0 Å². The average molecular weight is 249 g/mol. The molecule has 94 valence electrons. The highest BCUT2D eigenvalue weighted by Crippen LogP contribution is 2.18. The highest BCUT2D eigenvalue weighted by atomic mass is 16.3. The molecule has 0 bridgehead atoms. The summed E-state index contributed by atoms with van der Waals surface area (Å²) < 4.78 is 0. The molecule has 3 rings (SSSR count). The summed E-state index contributed by atoms with van der Waals surface area (Å²) in [5, 5.41) is 12.0. The molecule has 2 aromatic rings. The number of fused-ring (bicyclic) bond motifs is 1. The first-order valence-electron chi connectivity index (χ1n) is 6.42. The van der Waals surface area contributed by atoms with E-state index in [4.69, 9.17) is 4.99 Å². The van der Waals surface area contributed by atoms with Gasteiger partial charge in [-0.1, -0.05) is 54.6 Å². The molecule has 0 fully saturated rings. The maximum Gasteiger partial charge on any atom is 0.122 e. The summed E-state index contributed by atoms with van der Waals surface area (Å²) in [6, 6.07) is 15.6. The van der Waals surface area contributed by atoms with E-state index in [1.165, 1.54) is 5.22 Å². The van der Waals surface area contributed by atoms with E-state index in [1.807, 2.05) is 48.6 Å². The molecule has 0 saturated heterocycles. The monoisotopic (exact) mass is 249 g/mol. The number of rotatable bonds is 2. The molecule has 1 heterocycles. The third-order valence-corrected chi connectivity index (χ3v) is 3.26. The molecular weight excluding hydrogens is 234 g/mol. The molecule has 1 atom stereocenters. The van der Waals surface area contributed by atoms with Gasteiger partial charge in [0.2, 0.25) is 0 Å². The number of hydrogen-bond donors (Lipinski definition) is 1. The fourth-order valence-electron chi connectivity index (χ4n) is 2.22. The normalized spacial score (nSPS) is 17.6. The van der Waals surface area contributed by atoms with E-state index in [-0.39, 0.29) is 6.04 Å². The predicted octanol–water partition coefficient (Wildman–Crippen LogP) is 2.28. The van der Waals surface area contributed by atoms with Gasteiger partial charge in [0.15, 0.2) is 0 Å². The summed E-state index contributed by atoms with van der Waals surface area (Å²) in [6.45, 7) is 0. The number of para-hydroxylation sites is 2. The van der Waals surface area contributed by atoms with Crippen LogP contribution >= 0.6 is 0 Å². The molecule has 19 heavy (non-hydrogen) atoms. The Morgan fingerprint density at radius 1 is 1.05 bits per heavy atom. The lowest BCUT2D eigenvalue weighted by Gasteiger charge is -2.09. The molecule has 1 unspecified atom stereocenters. The molecule has 0 radical (unpaired) electrons. The number of benzene rings is 2. The molecule has 0 spiro atoms. The quantitative estimate of drug-likeness (QED) is 0.870. The molecule has 0 amide bonds.